The summed E-state index contributed by atoms with van der Waals surface area (Å²) >= 11 is 0. The minimum atomic E-state index is -0.469. The summed E-state index contributed by atoms with van der Waals surface area (Å²) < 4.78 is 11.1. The van der Waals surface area contributed by atoms with Crippen molar-refractivity contribution < 1.29 is 23.9 Å². The second kappa shape index (κ2) is 11.7. The molecule has 1 atom stereocenters. The number of alkyl carbamates (subject to hydrolysis) is 1. The van der Waals surface area contributed by atoms with Gasteiger partial charge >= 0.3 is 6.09 Å². The first-order valence-electron chi connectivity index (χ1n) is 13.6. The lowest BCUT2D eigenvalue weighted by atomic mass is 9.85. The Kier molecular flexibility index (Phi) is 8.62. The molecule has 0 radical (unpaired) electrons. The smallest absolute Gasteiger partial charge is 0.407 e. The number of imide groups is 1. The van der Waals surface area contributed by atoms with Crippen molar-refractivity contribution in [1.29, 1.82) is 0 Å². The minimum absolute atomic E-state index is 0.201. The van der Waals surface area contributed by atoms with E-state index in [2.05, 4.69) is 20.4 Å². The van der Waals surface area contributed by atoms with Gasteiger partial charge in [0.05, 0.1) is 18.7 Å². The molecule has 37 heavy (non-hydrogen) atoms. The van der Waals surface area contributed by atoms with Crippen molar-refractivity contribution in [3.8, 4) is 5.75 Å². The van der Waals surface area contributed by atoms with Gasteiger partial charge in [0.2, 0.25) is 11.8 Å². The number of piperidine rings is 1. The molecule has 4 rings (SSSR count). The van der Waals surface area contributed by atoms with Gasteiger partial charge in [0.1, 0.15) is 11.4 Å². The van der Waals surface area contributed by atoms with Crippen LogP contribution in [0, 0.1) is 5.92 Å². The number of methoxy groups -OCH3 is 1. The number of ether oxygens (including phenoxy) is 2. The average molecular weight is 515 g/mol. The van der Waals surface area contributed by atoms with Crippen LogP contribution in [0.3, 0.4) is 0 Å². The van der Waals surface area contributed by atoms with E-state index in [-0.39, 0.29) is 29.9 Å². The van der Waals surface area contributed by atoms with Gasteiger partial charge in [-0.2, -0.15) is 0 Å². The molecule has 3 aliphatic rings. The van der Waals surface area contributed by atoms with Gasteiger partial charge in [0, 0.05) is 45.2 Å². The summed E-state index contributed by atoms with van der Waals surface area (Å²) in [6, 6.07) is 6.20. The molecule has 2 heterocycles. The molecule has 1 unspecified atom stereocenters. The SMILES string of the molecule is COc1cc(C2CCC(=O)NC2=O)ccc1N1CCN(CC2CCC(NC(=O)OC(C)(C)C)CC2)CC1. The number of carbonyl (C=O) groups excluding carboxylic acids is 3. The van der Waals surface area contributed by atoms with Crippen molar-refractivity contribution in [2.75, 3.05) is 44.7 Å². The average Bonchev–Trinajstić information content (AvgIpc) is 2.84. The summed E-state index contributed by atoms with van der Waals surface area (Å²) in [6.45, 7) is 10.6. The number of nitrogens with one attached hydrogen (secondary N) is 2. The molecule has 9 nitrogen and oxygen atoms in total. The summed E-state index contributed by atoms with van der Waals surface area (Å²) in [5.74, 6) is 0.687. The fourth-order valence-corrected chi connectivity index (χ4v) is 5.68. The first-order valence-corrected chi connectivity index (χ1v) is 13.6. The van der Waals surface area contributed by atoms with Crippen LogP contribution in [-0.4, -0.2) is 74.3 Å². The highest BCUT2D eigenvalue weighted by Crippen LogP contribution is 2.35. The number of nitrogens with zero attached hydrogens (tertiary/aromatic N) is 2. The molecule has 0 bridgehead atoms. The van der Waals surface area contributed by atoms with Gasteiger partial charge in [-0.3, -0.25) is 19.8 Å². The zero-order valence-corrected chi connectivity index (χ0v) is 22.7. The van der Waals surface area contributed by atoms with Gasteiger partial charge in [-0.15, -0.1) is 0 Å². The van der Waals surface area contributed by atoms with Crippen molar-refractivity contribution in [2.24, 2.45) is 5.92 Å². The number of benzene rings is 1. The van der Waals surface area contributed by atoms with E-state index in [1.165, 1.54) is 0 Å². The third-order valence-electron chi connectivity index (χ3n) is 7.64. The first kappa shape index (κ1) is 27.2. The van der Waals surface area contributed by atoms with Crippen LogP contribution in [0.1, 0.15) is 70.8 Å². The zero-order chi connectivity index (χ0) is 26.6. The Morgan fingerprint density at radius 1 is 1.05 bits per heavy atom. The lowest BCUT2D eigenvalue weighted by molar-refractivity contribution is -0.134. The summed E-state index contributed by atoms with van der Waals surface area (Å²) in [7, 11) is 1.66. The number of piperazine rings is 1. The molecule has 204 valence electrons. The maximum Gasteiger partial charge on any atom is 0.407 e. The lowest BCUT2D eigenvalue weighted by Gasteiger charge is -2.39. The third-order valence-corrected chi connectivity index (χ3v) is 7.64. The molecule has 9 heteroatoms. The van der Waals surface area contributed by atoms with Gasteiger partial charge in [-0.05, 0) is 76.5 Å². The van der Waals surface area contributed by atoms with E-state index in [0.29, 0.717) is 18.8 Å². The molecule has 1 saturated carbocycles. The van der Waals surface area contributed by atoms with Gasteiger partial charge in [-0.25, -0.2) is 4.79 Å². The number of hydrogen-bond donors (Lipinski definition) is 2. The highest BCUT2D eigenvalue weighted by Gasteiger charge is 2.30. The normalized spacial score (nSPS) is 25.4. The number of anilines is 1. The predicted molar refractivity (Wildman–Crippen MR) is 142 cm³/mol. The zero-order valence-electron chi connectivity index (χ0n) is 22.7. The Hall–Kier alpha value is -2.81. The second-order valence-electron chi connectivity index (χ2n) is 11.6. The lowest BCUT2D eigenvalue weighted by Crippen LogP contribution is -2.48. The van der Waals surface area contributed by atoms with Gasteiger partial charge in [0.25, 0.3) is 0 Å². The fraction of sp³-hybridized carbons (Fsp3) is 0.679. The van der Waals surface area contributed by atoms with E-state index in [0.717, 1.165) is 75.4 Å². The molecule has 0 aromatic heterocycles. The monoisotopic (exact) mass is 514 g/mol. The molecule has 2 saturated heterocycles. The van der Waals surface area contributed by atoms with Crippen molar-refractivity contribution in [3.05, 3.63) is 23.8 Å². The van der Waals surface area contributed by atoms with E-state index >= 15 is 0 Å². The Balaban J connectivity index is 1.24. The topological polar surface area (TPSA) is 100 Å². The van der Waals surface area contributed by atoms with Crippen LogP contribution in [0.15, 0.2) is 18.2 Å². The van der Waals surface area contributed by atoms with Gasteiger partial charge < -0.3 is 19.7 Å². The fourth-order valence-electron chi connectivity index (χ4n) is 5.68. The second-order valence-corrected chi connectivity index (χ2v) is 11.6. The van der Waals surface area contributed by atoms with Crippen LogP contribution >= 0.6 is 0 Å². The molecule has 1 aromatic carbocycles. The van der Waals surface area contributed by atoms with E-state index < -0.39 is 5.60 Å². The van der Waals surface area contributed by atoms with Crippen LogP contribution in [0.2, 0.25) is 0 Å². The van der Waals surface area contributed by atoms with E-state index in [9.17, 15) is 14.4 Å². The molecule has 2 N–H and O–H groups in total. The summed E-state index contributed by atoms with van der Waals surface area (Å²) in [6.07, 6.45) is 4.83. The van der Waals surface area contributed by atoms with Gasteiger partial charge in [-0.1, -0.05) is 6.07 Å². The maximum atomic E-state index is 12.3. The largest absolute Gasteiger partial charge is 0.495 e. The van der Waals surface area contributed by atoms with Crippen LogP contribution in [0.25, 0.3) is 0 Å². The highest BCUT2D eigenvalue weighted by molar-refractivity contribution is 6.01. The maximum absolute atomic E-state index is 12.3. The molecular weight excluding hydrogens is 472 g/mol. The standard InChI is InChI=1S/C28H42N4O5/c1-28(2,3)37-27(35)29-21-8-5-19(6-9-21)18-31-13-15-32(16-14-31)23-11-7-20(17-24(23)36-4)22-10-12-25(33)30-26(22)34/h7,11,17,19,21-22H,5-6,8-10,12-16,18H2,1-4H3,(H,29,35)(H,30,33,34). The minimum Gasteiger partial charge on any atom is -0.495 e. The van der Waals surface area contributed by atoms with Crippen molar-refractivity contribution >= 4 is 23.6 Å². The van der Waals surface area contributed by atoms with E-state index in [1.807, 2.05) is 39.0 Å². The number of amides is 3. The summed E-state index contributed by atoms with van der Waals surface area (Å²) in [5, 5.41) is 5.47. The van der Waals surface area contributed by atoms with Crippen LogP contribution in [0.4, 0.5) is 10.5 Å². The molecule has 0 spiro atoms. The predicted octanol–water partition coefficient (Wildman–Crippen LogP) is 3.42. The number of carbonyl (C=O) groups is 3. The van der Waals surface area contributed by atoms with Crippen molar-refractivity contribution in [3.63, 3.8) is 0 Å². The molecule has 2 aliphatic heterocycles. The van der Waals surface area contributed by atoms with Crippen molar-refractivity contribution in [1.82, 2.24) is 15.5 Å². The summed E-state index contributed by atoms with van der Waals surface area (Å²) in [4.78, 5) is 40.7. The molecular formula is C28H42N4O5. The van der Waals surface area contributed by atoms with Crippen LogP contribution in [0.5, 0.6) is 5.75 Å². The molecule has 3 fully saturated rings. The number of rotatable bonds is 6. The molecule has 1 aliphatic carbocycles. The van der Waals surface area contributed by atoms with E-state index in [4.69, 9.17) is 9.47 Å². The molecule has 1 aromatic rings. The first-order chi connectivity index (χ1) is 17.6. The van der Waals surface area contributed by atoms with Gasteiger partial charge in [0.15, 0.2) is 0 Å². The quantitative estimate of drug-likeness (QED) is 0.561. The van der Waals surface area contributed by atoms with E-state index in [1.54, 1.807) is 7.11 Å². The van der Waals surface area contributed by atoms with Crippen LogP contribution in [-0.2, 0) is 14.3 Å². The number of hydrogen-bond acceptors (Lipinski definition) is 7. The molecule has 3 amide bonds. The van der Waals surface area contributed by atoms with Crippen LogP contribution < -0.4 is 20.3 Å². The van der Waals surface area contributed by atoms with Crippen molar-refractivity contribution in [2.45, 2.75) is 76.9 Å². The third kappa shape index (κ3) is 7.37. The Morgan fingerprint density at radius 3 is 2.38 bits per heavy atom. The Bertz CT molecular complexity index is 975. The Labute approximate surface area is 220 Å². The Morgan fingerprint density at radius 2 is 1.76 bits per heavy atom. The highest BCUT2D eigenvalue weighted by atomic mass is 16.6. The summed E-state index contributed by atoms with van der Waals surface area (Å²) in [5.41, 5.74) is 1.47.